The van der Waals surface area contributed by atoms with Crippen molar-refractivity contribution in [3.63, 3.8) is 0 Å². The third-order valence-corrected chi connectivity index (χ3v) is 5.61. The van der Waals surface area contributed by atoms with Gasteiger partial charge in [-0.3, -0.25) is 0 Å². The van der Waals surface area contributed by atoms with Crippen molar-refractivity contribution in [1.82, 2.24) is 0 Å². The molecule has 0 aromatic rings. The molecule has 3 heteroatoms. The molecule has 2 heterocycles. The number of fused-ring (bicyclic) bond motifs is 2. The number of hydrogen-bond acceptors (Lipinski definition) is 3. The molecule has 0 radical (unpaired) electrons. The monoisotopic (exact) mass is 316 g/mol. The summed E-state index contributed by atoms with van der Waals surface area (Å²) in [5, 5.41) is 0. The Kier molecular flexibility index (Phi) is 4.50. The van der Waals surface area contributed by atoms with Gasteiger partial charge in [-0.25, -0.2) is 4.79 Å². The molecule has 3 nitrogen and oxygen atoms in total. The molecule has 126 valence electrons. The molecule has 2 fully saturated rings. The Morgan fingerprint density at radius 2 is 1.96 bits per heavy atom. The summed E-state index contributed by atoms with van der Waals surface area (Å²) < 4.78 is 11.6. The molecular weight excluding hydrogens is 288 g/mol. The first-order valence-corrected chi connectivity index (χ1v) is 8.78. The summed E-state index contributed by atoms with van der Waals surface area (Å²) in [6.45, 7) is 10.5. The van der Waals surface area contributed by atoms with E-state index in [1.807, 2.05) is 0 Å². The summed E-state index contributed by atoms with van der Waals surface area (Å²) >= 11 is 0. The number of ether oxygens (including phenoxy) is 2. The first-order valence-electron chi connectivity index (χ1n) is 8.78. The van der Waals surface area contributed by atoms with E-state index in [0.29, 0.717) is 5.57 Å². The number of esters is 1. The zero-order valence-corrected chi connectivity index (χ0v) is 14.6. The number of epoxide rings is 1. The summed E-state index contributed by atoms with van der Waals surface area (Å²) in [4.78, 5) is 11.9. The Morgan fingerprint density at radius 1 is 1.22 bits per heavy atom. The highest BCUT2D eigenvalue weighted by molar-refractivity contribution is 5.90. The molecule has 1 unspecified atom stereocenters. The fraction of sp³-hybridized carbons (Fsp3) is 0.650. The van der Waals surface area contributed by atoms with Gasteiger partial charge in [-0.2, -0.15) is 0 Å². The second-order valence-corrected chi connectivity index (χ2v) is 7.61. The van der Waals surface area contributed by atoms with Crippen LogP contribution in [0, 0.1) is 5.92 Å². The summed E-state index contributed by atoms with van der Waals surface area (Å²) in [6, 6.07) is 0. The van der Waals surface area contributed by atoms with Gasteiger partial charge >= 0.3 is 5.97 Å². The normalized spacial score (nSPS) is 43.2. The third-order valence-electron chi connectivity index (χ3n) is 5.61. The maximum atomic E-state index is 11.9. The molecule has 0 N–H and O–H groups in total. The molecule has 0 spiro atoms. The Hall–Kier alpha value is -1.35. The highest BCUT2D eigenvalue weighted by Crippen LogP contribution is 2.47. The summed E-state index contributed by atoms with van der Waals surface area (Å²) in [5.74, 6) is -0.130. The number of carbonyl (C=O) groups is 1. The minimum atomic E-state index is -0.225. The molecule has 0 aromatic carbocycles. The predicted molar refractivity (Wildman–Crippen MR) is 91.0 cm³/mol. The zero-order chi connectivity index (χ0) is 16.6. The van der Waals surface area contributed by atoms with Gasteiger partial charge in [0.05, 0.1) is 11.7 Å². The van der Waals surface area contributed by atoms with Crippen molar-refractivity contribution in [3.8, 4) is 0 Å². The van der Waals surface area contributed by atoms with Gasteiger partial charge in [0.15, 0.2) is 0 Å². The highest BCUT2D eigenvalue weighted by atomic mass is 16.6. The van der Waals surface area contributed by atoms with E-state index >= 15 is 0 Å². The van der Waals surface area contributed by atoms with Crippen LogP contribution < -0.4 is 0 Å². The quantitative estimate of drug-likeness (QED) is 0.286. The van der Waals surface area contributed by atoms with Crippen LogP contribution in [0.1, 0.15) is 59.3 Å². The largest absolute Gasteiger partial charge is 0.458 e. The van der Waals surface area contributed by atoms with Crippen LogP contribution in [0.25, 0.3) is 0 Å². The smallest absolute Gasteiger partial charge is 0.334 e. The maximum Gasteiger partial charge on any atom is 0.334 e. The lowest BCUT2D eigenvalue weighted by Gasteiger charge is -2.18. The number of rotatable bonds is 0. The van der Waals surface area contributed by atoms with Gasteiger partial charge in [0.1, 0.15) is 6.10 Å². The van der Waals surface area contributed by atoms with Crippen molar-refractivity contribution < 1.29 is 14.3 Å². The Labute approximate surface area is 139 Å². The predicted octanol–water partition coefficient (Wildman–Crippen LogP) is 4.49. The zero-order valence-electron chi connectivity index (χ0n) is 14.6. The average Bonchev–Trinajstić information content (AvgIpc) is 3.04. The standard InChI is InChI=1S/C20H28O3/c1-13-7-5-8-14(2)11-17-16(15(3)19(21)22-17)12-18-20(4,23-18)10-6-9-13/h8-9,16-18H,3,5-7,10-12H2,1-2,4H3/b13-9+,14-8+/t16?,17-,18+,20+/m0/s1. The lowest BCUT2D eigenvalue weighted by atomic mass is 9.85. The molecule has 3 aliphatic rings. The fourth-order valence-electron chi connectivity index (χ4n) is 3.84. The summed E-state index contributed by atoms with van der Waals surface area (Å²) in [7, 11) is 0. The molecule has 1 aliphatic carbocycles. The molecule has 0 aromatic heterocycles. The molecule has 0 amide bonds. The lowest BCUT2D eigenvalue weighted by molar-refractivity contribution is -0.139. The molecule has 23 heavy (non-hydrogen) atoms. The van der Waals surface area contributed by atoms with Crippen LogP contribution in [-0.4, -0.2) is 23.8 Å². The van der Waals surface area contributed by atoms with E-state index in [0.717, 1.165) is 38.5 Å². The van der Waals surface area contributed by atoms with Gasteiger partial charge in [0.25, 0.3) is 0 Å². The van der Waals surface area contributed by atoms with Crippen LogP contribution in [0.4, 0.5) is 0 Å². The second-order valence-electron chi connectivity index (χ2n) is 7.61. The van der Waals surface area contributed by atoms with Crippen LogP contribution in [0.5, 0.6) is 0 Å². The van der Waals surface area contributed by atoms with E-state index in [-0.39, 0.29) is 29.7 Å². The van der Waals surface area contributed by atoms with E-state index in [9.17, 15) is 4.79 Å². The molecule has 3 rings (SSSR count). The van der Waals surface area contributed by atoms with E-state index in [4.69, 9.17) is 9.47 Å². The molecule has 0 bridgehead atoms. The Bertz CT molecular complexity index is 571. The highest BCUT2D eigenvalue weighted by Gasteiger charge is 2.54. The molecular formula is C20H28O3. The lowest BCUT2D eigenvalue weighted by Crippen LogP contribution is -2.21. The van der Waals surface area contributed by atoms with Gasteiger partial charge in [0.2, 0.25) is 0 Å². The van der Waals surface area contributed by atoms with Crippen LogP contribution in [0.15, 0.2) is 35.5 Å². The Morgan fingerprint density at radius 3 is 2.74 bits per heavy atom. The van der Waals surface area contributed by atoms with Crippen LogP contribution in [-0.2, 0) is 14.3 Å². The van der Waals surface area contributed by atoms with Gasteiger partial charge in [-0.05, 0) is 52.9 Å². The number of carbonyl (C=O) groups excluding carboxylic acids is 1. The minimum absolute atomic E-state index is 0.0394. The molecule has 2 saturated heterocycles. The summed E-state index contributed by atoms with van der Waals surface area (Å²) in [6.07, 6.45) is 10.7. The van der Waals surface area contributed by atoms with Crippen LogP contribution >= 0.6 is 0 Å². The molecule has 4 atom stereocenters. The van der Waals surface area contributed by atoms with Crippen molar-refractivity contribution in [2.24, 2.45) is 5.92 Å². The average molecular weight is 316 g/mol. The minimum Gasteiger partial charge on any atom is -0.458 e. The van der Waals surface area contributed by atoms with Gasteiger partial charge < -0.3 is 9.47 Å². The first-order chi connectivity index (χ1) is 10.9. The third kappa shape index (κ3) is 3.60. The number of hydrogen-bond donors (Lipinski definition) is 0. The SMILES string of the molecule is C=C1C(=O)O[C@H]2C/C(C)=C/CC/C(C)=C/CC[C@@]3(C)O[C@@H]3CC12. The maximum absolute atomic E-state index is 11.9. The fourth-order valence-corrected chi connectivity index (χ4v) is 3.84. The molecule has 2 aliphatic heterocycles. The second kappa shape index (κ2) is 6.27. The van der Waals surface area contributed by atoms with Gasteiger partial charge in [-0.15, -0.1) is 0 Å². The first kappa shape index (κ1) is 16.5. The number of allylic oxidation sites excluding steroid dienone is 3. The molecule has 0 saturated carbocycles. The van der Waals surface area contributed by atoms with Crippen molar-refractivity contribution in [2.45, 2.75) is 77.1 Å². The van der Waals surface area contributed by atoms with Crippen LogP contribution in [0.2, 0.25) is 0 Å². The van der Waals surface area contributed by atoms with Crippen molar-refractivity contribution in [2.75, 3.05) is 0 Å². The topological polar surface area (TPSA) is 38.8 Å². The van der Waals surface area contributed by atoms with E-state index in [1.165, 1.54) is 11.1 Å². The van der Waals surface area contributed by atoms with Crippen LogP contribution in [0.3, 0.4) is 0 Å². The van der Waals surface area contributed by atoms with Gasteiger partial charge in [-0.1, -0.05) is 29.9 Å². The van der Waals surface area contributed by atoms with Crippen molar-refractivity contribution >= 4 is 5.97 Å². The summed E-state index contributed by atoms with van der Waals surface area (Å²) in [5.41, 5.74) is 3.34. The van der Waals surface area contributed by atoms with Crippen molar-refractivity contribution in [1.29, 1.82) is 0 Å². The van der Waals surface area contributed by atoms with E-state index in [1.54, 1.807) is 0 Å². The Balaban J connectivity index is 1.78. The van der Waals surface area contributed by atoms with E-state index in [2.05, 4.69) is 39.5 Å². The van der Waals surface area contributed by atoms with Gasteiger partial charge in [0, 0.05) is 17.9 Å². The van der Waals surface area contributed by atoms with E-state index < -0.39 is 0 Å². The van der Waals surface area contributed by atoms with Crippen molar-refractivity contribution in [3.05, 3.63) is 35.5 Å².